The van der Waals surface area contributed by atoms with Crippen LogP contribution in [0.15, 0.2) is 48.5 Å². The Hall–Kier alpha value is -2.53. The first-order valence-corrected chi connectivity index (χ1v) is 9.54. The van der Waals surface area contributed by atoms with E-state index in [2.05, 4.69) is 10.6 Å². The van der Waals surface area contributed by atoms with Crippen molar-refractivity contribution in [1.29, 1.82) is 0 Å². The second kappa shape index (κ2) is 8.91. The smallest absolute Gasteiger partial charge is 0.321 e. The van der Waals surface area contributed by atoms with Crippen LogP contribution in [-0.2, 0) is 11.3 Å². The van der Waals surface area contributed by atoms with Gasteiger partial charge in [-0.15, -0.1) is 0 Å². The molecule has 0 radical (unpaired) electrons. The molecule has 0 aliphatic carbocycles. The normalized spacial score (nSPS) is 16.7. The molecule has 5 nitrogen and oxygen atoms in total. The predicted octanol–water partition coefficient (Wildman–Crippen LogP) is 4.21. The third kappa shape index (κ3) is 5.47. The van der Waals surface area contributed by atoms with Gasteiger partial charge in [-0.1, -0.05) is 35.9 Å². The van der Waals surface area contributed by atoms with E-state index in [-0.39, 0.29) is 17.9 Å². The number of nitrogens with zero attached hydrogens (tertiary/aromatic N) is 1. The highest BCUT2D eigenvalue weighted by molar-refractivity contribution is 6.30. The predicted molar refractivity (Wildman–Crippen MR) is 108 cm³/mol. The molecule has 27 heavy (non-hydrogen) atoms. The monoisotopic (exact) mass is 385 g/mol. The first-order chi connectivity index (χ1) is 13.0. The number of amides is 3. The number of likely N-dealkylation sites (tertiary alicyclic amines) is 1. The maximum absolute atomic E-state index is 12.5. The zero-order chi connectivity index (χ0) is 19.2. The van der Waals surface area contributed by atoms with Crippen molar-refractivity contribution in [3.8, 4) is 0 Å². The third-order valence-electron chi connectivity index (χ3n) is 4.70. The van der Waals surface area contributed by atoms with Gasteiger partial charge in [-0.2, -0.15) is 0 Å². The Bertz CT molecular complexity index is 825. The summed E-state index contributed by atoms with van der Waals surface area (Å²) in [7, 11) is 0. The summed E-state index contributed by atoms with van der Waals surface area (Å²) in [5.74, 6) is -0.218. The Kier molecular flexibility index (Phi) is 6.35. The zero-order valence-corrected chi connectivity index (χ0v) is 16.1. The molecule has 3 rings (SSSR count). The SMILES string of the molecule is Cc1cccc(NC(=O)N2CCCC(C(=O)NCc3cccc(Cl)c3)C2)c1. The molecule has 3 amide bonds. The van der Waals surface area contributed by atoms with Gasteiger partial charge in [0.15, 0.2) is 0 Å². The fourth-order valence-corrected chi connectivity index (χ4v) is 3.49. The first-order valence-electron chi connectivity index (χ1n) is 9.16. The van der Waals surface area contributed by atoms with Crippen molar-refractivity contribution in [2.75, 3.05) is 18.4 Å². The lowest BCUT2D eigenvalue weighted by Crippen LogP contribution is -2.46. The minimum atomic E-state index is -0.193. The number of benzene rings is 2. The molecular formula is C21H24ClN3O2. The van der Waals surface area contributed by atoms with Crippen molar-refractivity contribution in [3.05, 3.63) is 64.7 Å². The molecule has 1 unspecified atom stereocenters. The van der Waals surface area contributed by atoms with E-state index in [4.69, 9.17) is 11.6 Å². The van der Waals surface area contributed by atoms with Gasteiger partial charge in [0.25, 0.3) is 0 Å². The van der Waals surface area contributed by atoms with Crippen LogP contribution in [0, 0.1) is 12.8 Å². The van der Waals surface area contributed by atoms with Gasteiger partial charge in [0, 0.05) is 30.3 Å². The second-order valence-electron chi connectivity index (χ2n) is 6.93. The van der Waals surface area contributed by atoms with Gasteiger partial charge in [0.2, 0.25) is 5.91 Å². The van der Waals surface area contributed by atoms with Gasteiger partial charge >= 0.3 is 6.03 Å². The fraction of sp³-hybridized carbons (Fsp3) is 0.333. The summed E-state index contributed by atoms with van der Waals surface area (Å²) in [4.78, 5) is 26.8. The molecule has 1 aliphatic rings. The number of carbonyl (C=O) groups excluding carboxylic acids is 2. The molecule has 0 saturated carbocycles. The van der Waals surface area contributed by atoms with Gasteiger partial charge in [0.1, 0.15) is 0 Å². The van der Waals surface area contributed by atoms with Crippen molar-refractivity contribution in [3.63, 3.8) is 0 Å². The van der Waals surface area contributed by atoms with Gasteiger partial charge in [-0.25, -0.2) is 4.79 Å². The average Bonchev–Trinajstić information content (AvgIpc) is 2.66. The van der Waals surface area contributed by atoms with Crippen LogP contribution < -0.4 is 10.6 Å². The summed E-state index contributed by atoms with van der Waals surface area (Å²) < 4.78 is 0. The largest absolute Gasteiger partial charge is 0.352 e. The van der Waals surface area contributed by atoms with Crippen LogP contribution in [0.25, 0.3) is 0 Å². The molecule has 1 heterocycles. The molecular weight excluding hydrogens is 362 g/mol. The van der Waals surface area contributed by atoms with Crippen LogP contribution in [-0.4, -0.2) is 29.9 Å². The molecule has 0 aromatic heterocycles. The van der Waals surface area contributed by atoms with Crippen molar-refractivity contribution in [1.82, 2.24) is 10.2 Å². The van der Waals surface area contributed by atoms with E-state index in [1.807, 2.05) is 49.4 Å². The fourth-order valence-electron chi connectivity index (χ4n) is 3.28. The molecule has 1 fully saturated rings. The van der Waals surface area contributed by atoms with E-state index in [0.717, 1.165) is 29.7 Å². The van der Waals surface area contributed by atoms with Crippen LogP contribution in [0.3, 0.4) is 0 Å². The van der Waals surface area contributed by atoms with Crippen LogP contribution >= 0.6 is 11.6 Å². The van der Waals surface area contributed by atoms with E-state index in [0.29, 0.717) is 24.7 Å². The number of urea groups is 1. The highest BCUT2D eigenvalue weighted by Gasteiger charge is 2.28. The van der Waals surface area contributed by atoms with E-state index in [1.54, 1.807) is 11.0 Å². The minimum absolute atomic E-state index is 0.0250. The number of hydrogen-bond donors (Lipinski definition) is 2. The van der Waals surface area contributed by atoms with Crippen LogP contribution in [0.1, 0.15) is 24.0 Å². The summed E-state index contributed by atoms with van der Waals surface area (Å²) in [5, 5.41) is 6.52. The lowest BCUT2D eigenvalue weighted by Gasteiger charge is -2.32. The molecule has 1 saturated heterocycles. The summed E-state index contributed by atoms with van der Waals surface area (Å²) in [6.45, 7) is 3.51. The van der Waals surface area contributed by atoms with Crippen molar-refractivity contribution < 1.29 is 9.59 Å². The topological polar surface area (TPSA) is 61.4 Å². The zero-order valence-electron chi connectivity index (χ0n) is 15.4. The van der Waals surface area contributed by atoms with Gasteiger partial charge in [-0.3, -0.25) is 4.79 Å². The van der Waals surface area contributed by atoms with E-state index < -0.39 is 0 Å². The molecule has 2 aromatic carbocycles. The lowest BCUT2D eigenvalue weighted by molar-refractivity contribution is -0.126. The number of anilines is 1. The summed E-state index contributed by atoms with van der Waals surface area (Å²) >= 11 is 5.98. The molecule has 0 spiro atoms. The van der Waals surface area contributed by atoms with Crippen molar-refractivity contribution in [2.24, 2.45) is 5.92 Å². The second-order valence-corrected chi connectivity index (χ2v) is 7.37. The Balaban J connectivity index is 1.53. The Labute approximate surface area is 164 Å². The number of halogens is 1. The third-order valence-corrected chi connectivity index (χ3v) is 4.94. The van der Waals surface area contributed by atoms with Gasteiger partial charge in [0.05, 0.1) is 5.92 Å². The Morgan fingerprint density at radius 1 is 1.19 bits per heavy atom. The van der Waals surface area contributed by atoms with Crippen LogP contribution in [0.4, 0.5) is 10.5 Å². The number of carbonyl (C=O) groups is 2. The van der Waals surface area contributed by atoms with E-state index in [1.165, 1.54) is 0 Å². The van der Waals surface area contributed by atoms with E-state index in [9.17, 15) is 9.59 Å². The Morgan fingerprint density at radius 2 is 2.00 bits per heavy atom. The van der Waals surface area contributed by atoms with Crippen molar-refractivity contribution >= 4 is 29.2 Å². The van der Waals surface area contributed by atoms with E-state index >= 15 is 0 Å². The molecule has 1 atom stereocenters. The van der Waals surface area contributed by atoms with Crippen LogP contribution in [0.5, 0.6) is 0 Å². The van der Waals surface area contributed by atoms with Gasteiger partial charge < -0.3 is 15.5 Å². The first kappa shape index (κ1) is 19.2. The molecule has 0 bridgehead atoms. The molecule has 2 N–H and O–H groups in total. The highest BCUT2D eigenvalue weighted by atomic mass is 35.5. The maximum atomic E-state index is 12.5. The maximum Gasteiger partial charge on any atom is 0.321 e. The molecule has 6 heteroatoms. The summed E-state index contributed by atoms with van der Waals surface area (Å²) in [6.07, 6.45) is 1.60. The average molecular weight is 386 g/mol. The van der Waals surface area contributed by atoms with Crippen LogP contribution in [0.2, 0.25) is 5.02 Å². The number of nitrogens with one attached hydrogen (secondary N) is 2. The summed E-state index contributed by atoms with van der Waals surface area (Å²) in [5.41, 5.74) is 2.82. The molecule has 142 valence electrons. The number of hydrogen-bond acceptors (Lipinski definition) is 2. The Morgan fingerprint density at radius 3 is 2.78 bits per heavy atom. The minimum Gasteiger partial charge on any atom is -0.352 e. The van der Waals surface area contributed by atoms with Gasteiger partial charge in [-0.05, 0) is 55.2 Å². The summed E-state index contributed by atoms with van der Waals surface area (Å²) in [6, 6.07) is 15.0. The number of aryl methyl sites for hydroxylation is 1. The molecule has 1 aliphatic heterocycles. The highest BCUT2D eigenvalue weighted by Crippen LogP contribution is 2.19. The number of piperidine rings is 1. The lowest BCUT2D eigenvalue weighted by atomic mass is 9.97. The van der Waals surface area contributed by atoms with Crippen molar-refractivity contribution in [2.45, 2.75) is 26.3 Å². The standard InChI is InChI=1S/C21H24ClN3O2/c1-15-5-2-9-19(11-15)24-21(27)25-10-4-7-17(14-25)20(26)23-13-16-6-3-8-18(22)12-16/h2-3,5-6,8-9,11-12,17H,4,7,10,13-14H2,1H3,(H,23,26)(H,24,27). The number of rotatable bonds is 4. The molecule has 2 aromatic rings. The quantitative estimate of drug-likeness (QED) is 0.828.